The van der Waals surface area contributed by atoms with Gasteiger partial charge in [0.25, 0.3) is 5.91 Å². The standard InChI is InChI=1S/C26H26N4O/c1-19-11-12-21-22(18-19)28(2)25(20-8-4-3-5-9-20)24(21)26(31)30-16-14-29(15-17-30)23-10-6-7-13-27-23/h3-13,18H,14-17H2,1-2H3. The van der Waals surface area contributed by atoms with Crippen LogP contribution in [0.4, 0.5) is 5.82 Å². The zero-order valence-corrected chi connectivity index (χ0v) is 18.0. The highest BCUT2D eigenvalue weighted by Crippen LogP contribution is 2.34. The molecule has 2 aromatic heterocycles. The Balaban J connectivity index is 1.52. The lowest BCUT2D eigenvalue weighted by molar-refractivity contribution is 0.0749. The summed E-state index contributed by atoms with van der Waals surface area (Å²) >= 11 is 0. The van der Waals surface area contributed by atoms with Crippen LogP contribution in [0.2, 0.25) is 0 Å². The van der Waals surface area contributed by atoms with Gasteiger partial charge in [-0.2, -0.15) is 0 Å². The number of hydrogen-bond donors (Lipinski definition) is 0. The predicted molar refractivity (Wildman–Crippen MR) is 125 cm³/mol. The molecule has 1 fully saturated rings. The summed E-state index contributed by atoms with van der Waals surface area (Å²) in [4.78, 5) is 22.5. The van der Waals surface area contributed by atoms with Crippen LogP contribution in [0.1, 0.15) is 15.9 Å². The molecule has 0 unspecified atom stereocenters. The van der Waals surface area contributed by atoms with Crippen molar-refractivity contribution in [3.8, 4) is 11.3 Å². The molecule has 0 spiro atoms. The molecular formula is C26H26N4O. The van der Waals surface area contributed by atoms with E-state index in [-0.39, 0.29) is 5.91 Å². The summed E-state index contributed by atoms with van der Waals surface area (Å²) in [5, 5.41) is 1.02. The van der Waals surface area contributed by atoms with E-state index in [0.717, 1.165) is 46.6 Å². The van der Waals surface area contributed by atoms with E-state index in [4.69, 9.17) is 0 Å². The molecule has 4 aromatic rings. The molecule has 0 aliphatic carbocycles. The summed E-state index contributed by atoms with van der Waals surface area (Å²) in [5.74, 6) is 1.08. The number of anilines is 1. The lowest BCUT2D eigenvalue weighted by atomic mass is 10.0. The molecule has 0 N–H and O–H groups in total. The monoisotopic (exact) mass is 410 g/mol. The van der Waals surface area contributed by atoms with E-state index in [1.807, 2.05) is 47.5 Å². The minimum Gasteiger partial charge on any atom is -0.353 e. The predicted octanol–water partition coefficient (Wildman–Crippen LogP) is 4.51. The highest BCUT2D eigenvalue weighted by atomic mass is 16.2. The van der Waals surface area contributed by atoms with E-state index >= 15 is 0 Å². The van der Waals surface area contributed by atoms with Gasteiger partial charge in [0, 0.05) is 50.3 Å². The van der Waals surface area contributed by atoms with Crippen molar-refractivity contribution in [1.82, 2.24) is 14.5 Å². The third kappa shape index (κ3) is 3.46. The topological polar surface area (TPSA) is 41.4 Å². The molecule has 3 heterocycles. The molecule has 156 valence electrons. The first kappa shape index (κ1) is 19.4. The van der Waals surface area contributed by atoms with Crippen LogP contribution in [-0.2, 0) is 7.05 Å². The Kier molecular flexibility index (Phi) is 4.94. The summed E-state index contributed by atoms with van der Waals surface area (Å²) in [5.41, 5.74) is 5.13. The second-order valence-electron chi connectivity index (χ2n) is 8.14. The van der Waals surface area contributed by atoms with Gasteiger partial charge in [-0.1, -0.05) is 48.5 Å². The number of nitrogens with zero attached hydrogens (tertiary/aromatic N) is 4. The molecule has 5 heteroatoms. The van der Waals surface area contributed by atoms with Gasteiger partial charge in [0.15, 0.2) is 0 Å². The molecule has 0 saturated carbocycles. The first-order valence-electron chi connectivity index (χ1n) is 10.7. The van der Waals surface area contributed by atoms with Gasteiger partial charge in [-0.3, -0.25) is 4.79 Å². The number of rotatable bonds is 3. The Morgan fingerprint density at radius 2 is 1.65 bits per heavy atom. The number of hydrogen-bond acceptors (Lipinski definition) is 3. The maximum atomic E-state index is 13.8. The Hall–Kier alpha value is -3.60. The van der Waals surface area contributed by atoms with Crippen molar-refractivity contribution >= 4 is 22.6 Å². The average molecular weight is 411 g/mol. The fraction of sp³-hybridized carbons (Fsp3) is 0.231. The van der Waals surface area contributed by atoms with Crippen LogP contribution in [-0.4, -0.2) is 46.5 Å². The third-order valence-corrected chi connectivity index (χ3v) is 6.16. The quantitative estimate of drug-likeness (QED) is 0.499. The van der Waals surface area contributed by atoms with Crippen LogP contribution in [0.5, 0.6) is 0 Å². The summed E-state index contributed by atoms with van der Waals surface area (Å²) in [6.45, 7) is 5.03. The van der Waals surface area contributed by atoms with Crippen LogP contribution in [0.3, 0.4) is 0 Å². The van der Waals surface area contributed by atoms with Crippen LogP contribution in [0.25, 0.3) is 22.2 Å². The highest BCUT2D eigenvalue weighted by Gasteiger charge is 2.28. The second kappa shape index (κ2) is 7.91. The Bertz CT molecular complexity index is 1220. The zero-order chi connectivity index (χ0) is 21.4. The van der Waals surface area contributed by atoms with Crippen molar-refractivity contribution in [2.45, 2.75) is 6.92 Å². The number of amides is 1. The molecule has 5 nitrogen and oxygen atoms in total. The number of aromatic nitrogens is 2. The van der Waals surface area contributed by atoms with E-state index in [1.54, 1.807) is 0 Å². The Morgan fingerprint density at radius 1 is 0.903 bits per heavy atom. The van der Waals surface area contributed by atoms with Crippen LogP contribution in [0.15, 0.2) is 72.9 Å². The largest absolute Gasteiger partial charge is 0.353 e. The maximum absolute atomic E-state index is 13.8. The van der Waals surface area contributed by atoms with Crippen molar-refractivity contribution in [2.24, 2.45) is 7.05 Å². The van der Waals surface area contributed by atoms with Gasteiger partial charge >= 0.3 is 0 Å². The molecule has 1 saturated heterocycles. The highest BCUT2D eigenvalue weighted by molar-refractivity contribution is 6.13. The Morgan fingerprint density at radius 3 is 2.35 bits per heavy atom. The van der Waals surface area contributed by atoms with Gasteiger partial charge in [-0.15, -0.1) is 0 Å². The molecular weight excluding hydrogens is 384 g/mol. The second-order valence-corrected chi connectivity index (χ2v) is 8.14. The van der Waals surface area contributed by atoms with Crippen molar-refractivity contribution in [1.29, 1.82) is 0 Å². The summed E-state index contributed by atoms with van der Waals surface area (Å²) in [6, 6.07) is 22.5. The number of fused-ring (bicyclic) bond motifs is 1. The van der Waals surface area contributed by atoms with Gasteiger partial charge in [0.1, 0.15) is 5.82 Å². The van der Waals surface area contributed by atoms with Gasteiger partial charge in [-0.25, -0.2) is 4.98 Å². The van der Waals surface area contributed by atoms with Gasteiger partial charge in [0.05, 0.1) is 11.3 Å². The van der Waals surface area contributed by atoms with Crippen LogP contribution >= 0.6 is 0 Å². The van der Waals surface area contributed by atoms with Gasteiger partial charge in [-0.05, 0) is 36.2 Å². The van der Waals surface area contributed by atoms with Gasteiger partial charge < -0.3 is 14.4 Å². The van der Waals surface area contributed by atoms with E-state index in [1.165, 1.54) is 5.56 Å². The normalized spacial score (nSPS) is 14.3. The van der Waals surface area contributed by atoms with Crippen LogP contribution < -0.4 is 4.90 Å². The molecule has 1 aliphatic rings. The van der Waals surface area contributed by atoms with Crippen molar-refractivity contribution in [3.63, 3.8) is 0 Å². The molecule has 0 bridgehead atoms. The number of piperazine rings is 1. The number of aryl methyl sites for hydroxylation is 2. The molecule has 0 atom stereocenters. The van der Waals surface area contributed by atoms with E-state index < -0.39 is 0 Å². The zero-order valence-electron chi connectivity index (χ0n) is 18.0. The number of carbonyl (C=O) groups excluding carboxylic acids is 1. The van der Waals surface area contributed by atoms with Crippen molar-refractivity contribution < 1.29 is 4.79 Å². The summed E-state index contributed by atoms with van der Waals surface area (Å²) in [7, 11) is 2.06. The minimum absolute atomic E-state index is 0.106. The molecule has 0 radical (unpaired) electrons. The number of carbonyl (C=O) groups is 1. The Labute approximate surface area is 182 Å². The minimum atomic E-state index is 0.106. The first-order valence-corrected chi connectivity index (χ1v) is 10.7. The summed E-state index contributed by atoms with van der Waals surface area (Å²) in [6.07, 6.45) is 1.82. The average Bonchev–Trinajstić information content (AvgIpc) is 3.11. The molecule has 1 aliphatic heterocycles. The first-order chi connectivity index (χ1) is 15.1. The number of benzene rings is 2. The van der Waals surface area contributed by atoms with Gasteiger partial charge in [0.2, 0.25) is 0 Å². The van der Waals surface area contributed by atoms with Crippen molar-refractivity contribution in [2.75, 3.05) is 31.1 Å². The fourth-order valence-corrected chi connectivity index (χ4v) is 4.53. The smallest absolute Gasteiger partial charge is 0.256 e. The molecule has 5 rings (SSSR count). The number of pyridine rings is 1. The molecule has 1 amide bonds. The van der Waals surface area contributed by atoms with Crippen molar-refractivity contribution in [3.05, 3.63) is 84.1 Å². The lowest BCUT2D eigenvalue weighted by Gasteiger charge is -2.35. The van der Waals surface area contributed by atoms with E-state index in [9.17, 15) is 4.79 Å². The van der Waals surface area contributed by atoms with Crippen LogP contribution in [0, 0.1) is 6.92 Å². The molecule has 2 aromatic carbocycles. The maximum Gasteiger partial charge on any atom is 0.256 e. The SMILES string of the molecule is Cc1ccc2c(C(=O)N3CCN(c4ccccn4)CC3)c(-c3ccccc3)n(C)c2c1. The lowest BCUT2D eigenvalue weighted by Crippen LogP contribution is -2.49. The fourth-order valence-electron chi connectivity index (χ4n) is 4.53. The third-order valence-electron chi connectivity index (χ3n) is 6.16. The molecule has 31 heavy (non-hydrogen) atoms. The summed E-state index contributed by atoms with van der Waals surface area (Å²) < 4.78 is 2.16. The van der Waals surface area contributed by atoms with E-state index in [2.05, 4.69) is 58.8 Å². The van der Waals surface area contributed by atoms with E-state index in [0.29, 0.717) is 13.1 Å².